The molecule has 0 amide bonds. The molecule has 0 atom stereocenters. The minimum atomic E-state index is -3.41. The number of rotatable bonds is 8. The van der Waals surface area contributed by atoms with E-state index in [0.717, 1.165) is 35.8 Å². The number of fused-ring (bicyclic) bond motifs is 1. The number of benzene rings is 2. The van der Waals surface area contributed by atoms with Crippen molar-refractivity contribution in [1.29, 1.82) is 0 Å². The Kier molecular flexibility index (Phi) is 8.07. The van der Waals surface area contributed by atoms with E-state index < -0.39 is 10.0 Å². The predicted octanol–water partition coefficient (Wildman–Crippen LogP) is 4.81. The fourth-order valence-electron chi connectivity index (χ4n) is 7.18. The van der Waals surface area contributed by atoms with Crippen LogP contribution in [0.3, 0.4) is 0 Å². The summed E-state index contributed by atoms with van der Waals surface area (Å²) < 4.78 is 32.8. The fraction of sp³-hybridized carbons (Fsp3) is 0.500. The number of likely N-dealkylation sites (N-methyl/N-ethyl adjacent to an activating group) is 1. The first-order valence-corrected chi connectivity index (χ1v) is 18.3. The van der Waals surface area contributed by atoms with Crippen molar-refractivity contribution < 1.29 is 13.2 Å². The molecule has 1 aromatic heterocycles. The molecule has 11 nitrogen and oxygen atoms in total. The minimum absolute atomic E-state index is 0.390. The highest BCUT2D eigenvalue weighted by atomic mass is 79.9. The summed E-state index contributed by atoms with van der Waals surface area (Å²) in [5, 5.41) is 6.65. The quantitative estimate of drug-likeness (QED) is 0.341. The van der Waals surface area contributed by atoms with Crippen LogP contribution in [0.15, 0.2) is 47.1 Å². The largest absolute Gasteiger partial charge is 0.494 e. The van der Waals surface area contributed by atoms with Crippen LogP contribution in [0.5, 0.6) is 5.75 Å². The first kappa shape index (κ1) is 30.5. The van der Waals surface area contributed by atoms with Crippen LogP contribution in [-0.4, -0.2) is 99.4 Å². The number of hydrogen-bond donors (Lipinski definition) is 2. The van der Waals surface area contributed by atoms with Gasteiger partial charge in [-0.15, -0.1) is 0 Å². The Morgan fingerprint density at radius 3 is 2.56 bits per heavy atom. The normalized spacial score (nSPS) is 20.4. The summed E-state index contributed by atoms with van der Waals surface area (Å²) >= 11 is 3.55. The zero-order valence-electron chi connectivity index (χ0n) is 26.1. The van der Waals surface area contributed by atoms with E-state index in [2.05, 4.69) is 65.4 Å². The van der Waals surface area contributed by atoms with Crippen LogP contribution in [0.1, 0.15) is 31.2 Å². The maximum Gasteiger partial charge on any atom is 0.232 e. The number of ether oxygens (including phenoxy) is 1. The molecule has 13 heteroatoms. The van der Waals surface area contributed by atoms with Gasteiger partial charge in [-0.3, -0.25) is 14.1 Å². The molecule has 2 N–H and O–H groups in total. The molecule has 240 valence electrons. The first-order chi connectivity index (χ1) is 21.6. The highest BCUT2D eigenvalue weighted by molar-refractivity contribution is 9.10. The van der Waals surface area contributed by atoms with Crippen molar-refractivity contribution in [2.45, 2.75) is 43.7 Å². The van der Waals surface area contributed by atoms with Crippen molar-refractivity contribution in [3.05, 3.63) is 52.6 Å². The summed E-state index contributed by atoms with van der Waals surface area (Å²) in [5.41, 5.74) is 4.69. The van der Waals surface area contributed by atoms with E-state index in [0.29, 0.717) is 52.2 Å². The Morgan fingerprint density at radius 2 is 1.82 bits per heavy atom. The van der Waals surface area contributed by atoms with Gasteiger partial charge in [0.15, 0.2) is 0 Å². The molecule has 0 unspecified atom stereocenters. The molecular formula is C32H41BrN8O3S. The number of nitrogens with zero attached hydrogens (tertiary/aromatic N) is 6. The van der Waals surface area contributed by atoms with Crippen LogP contribution in [0.2, 0.25) is 0 Å². The standard InChI is InChI=1S/C32H41BrN8O3S/c1-38-17-18-40(21-32(38)12-13-32)23-10-14-39(15-11-23)24-7-8-26(28(19-24)44-2)36-31-34-20-25(33)30(37-31)35-27-6-4-5-22-9-16-41(29(22)27)45(3,42)43/h4-8,19-20,23H,9-18,21H2,1-3H3,(H2,34,35,36,37). The molecule has 45 heavy (non-hydrogen) atoms. The number of nitrogens with one attached hydrogen (secondary N) is 2. The van der Waals surface area contributed by atoms with Gasteiger partial charge in [0.1, 0.15) is 11.6 Å². The third-order valence-electron chi connectivity index (χ3n) is 9.99. The lowest BCUT2D eigenvalue weighted by Gasteiger charge is -2.46. The van der Waals surface area contributed by atoms with Gasteiger partial charge in [0, 0.05) is 68.8 Å². The molecule has 3 aliphatic heterocycles. The van der Waals surface area contributed by atoms with Crippen LogP contribution in [0, 0.1) is 0 Å². The lowest BCUT2D eigenvalue weighted by atomic mass is 9.99. The van der Waals surface area contributed by atoms with E-state index in [1.165, 1.54) is 55.9 Å². The summed E-state index contributed by atoms with van der Waals surface area (Å²) in [6.07, 6.45) is 8.63. The number of aromatic nitrogens is 2. The second-order valence-electron chi connectivity index (χ2n) is 12.8. The zero-order valence-corrected chi connectivity index (χ0v) is 28.5. The van der Waals surface area contributed by atoms with Crippen LogP contribution in [-0.2, 0) is 16.4 Å². The van der Waals surface area contributed by atoms with E-state index >= 15 is 0 Å². The van der Waals surface area contributed by atoms with Crippen molar-refractivity contribution in [2.24, 2.45) is 0 Å². The Bertz CT molecular complexity index is 1690. The summed E-state index contributed by atoms with van der Waals surface area (Å²) in [4.78, 5) is 17.0. The number of hydrogen-bond acceptors (Lipinski definition) is 10. The van der Waals surface area contributed by atoms with Crippen LogP contribution in [0.4, 0.5) is 34.5 Å². The number of anilines is 6. The fourth-order valence-corrected chi connectivity index (χ4v) is 8.44. The summed E-state index contributed by atoms with van der Waals surface area (Å²) in [7, 11) is 0.566. The van der Waals surface area contributed by atoms with Gasteiger partial charge in [0.25, 0.3) is 0 Å². The van der Waals surface area contributed by atoms with Gasteiger partial charge in [0.05, 0.1) is 34.9 Å². The second-order valence-corrected chi connectivity index (χ2v) is 15.5. The molecule has 1 spiro atoms. The average Bonchev–Trinajstić information content (AvgIpc) is 3.65. The Hall–Kier alpha value is -3.13. The van der Waals surface area contributed by atoms with Crippen LogP contribution >= 0.6 is 15.9 Å². The van der Waals surface area contributed by atoms with Gasteiger partial charge in [-0.2, -0.15) is 4.98 Å². The van der Waals surface area contributed by atoms with E-state index in [1.54, 1.807) is 13.3 Å². The number of halogens is 1. The SMILES string of the molecule is COc1cc(N2CCC(N3CCN(C)C4(CC4)C3)CC2)ccc1Nc1ncc(Br)c(Nc2cccc3c2N(S(C)(=O)=O)CC3)n1. The van der Waals surface area contributed by atoms with Crippen molar-refractivity contribution >= 4 is 60.5 Å². The second kappa shape index (κ2) is 11.9. The molecule has 1 aliphatic carbocycles. The van der Waals surface area contributed by atoms with E-state index in [-0.39, 0.29) is 0 Å². The van der Waals surface area contributed by atoms with E-state index in [9.17, 15) is 8.42 Å². The zero-order chi connectivity index (χ0) is 31.3. The van der Waals surface area contributed by atoms with Gasteiger partial charge in [0.2, 0.25) is 16.0 Å². The van der Waals surface area contributed by atoms with Crippen molar-refractivity contribution in [2.75, 3.05) is 79.5 Å². The number of para-hydroxylation sites is 1. The molecule has 2 aromatic carbocycles. The first-order valence-electron chi connectivity index (χ1n) is 15.7. The van der Waals surface area contributed by atoms with Crippen molar-refractivity contribution in [3.63, 3.8) is 0 Å². The highest BCUT2D eigenvalue weighted by Crippen LogP contribution is 2.44. The van der Waals surface area contributed by atoms with Gasteiger partial charge < -0.3 is 20.3 Å². The lowest BCUT2D eigenvalue weighted by molar-refractivity contribution is 0.0434. The molecule has 2 saturated heterocycles. The van der Waals surface area contributed by atoms with Crippen molar-refractivity contribution in [3.8, 4) is 5.75 Å². The van der Waals surface area contributed by atoms with Crippen LogP contribution in [0.25, 0.3) is 0 Å². The molecule has 7 rings (SSSR count). The number of methoxy groups -OCH3 is 1. The number of piperazine rings is 1. The number of piperidine rings is 1. The molecule has 1 saturated carbocycles. The lowest BCUT2D eigenvalue weighted by Crippen LogP contribution is -2.57. The highest BCUT2D eigenvalue weighted by Gasteiger charge is 2.50. The topological polar surface area (TPSA) is 106 Å². The van der Waals surface area contributed by atoms with Gasteiger partial charge in [-0.25, -0.2) is 13.4 Å². The maximum atomic E-state index is 12.5. The third-order valence-corrected chi connectivity index (χ3v) is 11.7. The van der Waals surface area contributed by atoms with Gasteiger partial charge in [-0.05, 0) is 78.8 Å². The number of sulfonamides is 1. The Morgan fingerprint density at radius 1 is 1.02 bits per heavy atom. The van der Waals surface area contributed by atoms with Gasteiger partial charge >= 0.3 is 0 Å². The third kappa shape index (κ3) is 6.07. The molecule has 4 heterocycles. The molecule has 3 aromatic rings. The van der Waals surface area contributed by atoms with E-state index in [1.807, 2.05) is 24.3 Å². The maximum absolute atomic E-state index is 12.5. The summed E-state index contributed by atoms with van der Waals surface area (Å²) in [6.45, 7) is 6.08. The monoisotopic (exact) mass is 696 g/mol. The van der Waals surface area contributed by atoms with E-state index in [4.69, 9.17) is 9.72 Å². The van der Waals surface area contributed by atoms with Crippen molar-refractivity contribution in [1.82, 2.24) is 19.8 Å². The predicted molar refractivity (Wildman–Crippen MR) is 183 cm³/mol. The smallest absolute Gasteiger partial charge is 0.232 e. The average molecular weight is 698 g/mol. The minimum Gasteiger partial charge on any atom is -0.494 e. The van der Waals surface area contributed by atoms with Gasteiger partial charge in [-0.1, -0.05) is 12.1 Å². The molecule has 0 radical (unpaired) electrons. The Labute approximate surface area is 274 Å². The molecule has 0 bridgehead atoms. The summed E-state index contributed by atoms with van der Waals surface area (Å²) in [6, 6.07) is 12.6. The molecule has 3 fully saturated rings. The van der Waals surface area contributed by atoms with Crippen LogP contribution < -0.4 is 24.6 Å². The molecule has 4 aliphatic rings. The summed E-state index contributed by atoms with van der Waals surface area (Å²) in [5.74, 6) is 1.63. The molecular weight excluding hydrogens is 656 g/mol. The Balaban J connectivity index is 1.03.